The fourth-order valence-electron chi connectivity index (χ4n) is 2.98. The summed E-state index contributed by atoms with van der Waals surface area (Å²) in [6.45, 7) is 1.96. The fourth-order valence-corrected chi connectivity index (χ4v) is 2.98. The monoisotopic (exact) mass is 376 g/mol. The Morgan fingerprint density at radius 3 is 2.61 bits per heavy atom. The predicted molar refractivity (Wildman–Crippen MR) is 104 cm³/mol. The number of benzene rings is 2. The number of aromatic carboxylic acids is 1. The molecule has 0 unspecified atom stereocenters. The second kappa shape index (κ2) is 6.58. The summed E-state index contributed by atoms with van der Waals surface area (Å²) in [6, 6.07) is 13.5. The van der Waals surface area contributed by atoms with Crippen LogP contribution in [0.25, 0.3) is 22.0 Å². The second-order valence-electron chi connectivity index (χ2n) is 6.29. The number of nitrogen functional groups attached to an aromatic ring is 1. The van der Waals surface area contributed by atoms with Gasteiger partial charge in [-0.05, 0) is 42.8 Å². The highest BCUT2D eigenvalue weighted by atomic mass is 16.4. The van der Waals surface area contributed by atoms with Crippen molar-refractivity contribution >= 4 is 34.4 Å². The molecule has 0 aliphatic carbocycles. The van der Waals surface area contributed by atoms with Gasteiger partial charge in [-0.3, -0.25) is 0 Å². The van der Waals surface area contributed by atoms with Crippen molar-refractivity contribution in [2.75, 3.05) is 11.1 Å². The van der Waals surface area contributed by atoms with Gasteiger partial charge in [-0.1, -0.05) is 23.8 Å². The van der Waals surface area contributed by atoms with Crippen LogP contribution in [-0.2, 0) is 0 Å². The van der Waals surface area contributed by atoms with E-state index in [0.717, 1.165) is 5.56 Å². The number of nitrogens with one attached hydrogen (secondary N) is 1. The molecule has 0 spiro atoms. The maximum atomic E-state index is 12.6. The molecule has 2 aromatic heterocycles. The van der Waals surface area contributed by atoms with E-state index in [-0.39, 0.29) is 11.6 Å². The predicted octanol–water partition coefficient (Wildman–Crippen LogP) is 3.97. The van der Waals surface area contributed by atoms with Crippen molar-refractivity contribution in [2.24, 2.45) is 0 Å². The zero-order chi connectivity index (χ0) is 19.8. The molecule has 0 saturated carbocycles. The average molecular weight is 376 g/mol. The van der Waals surface area contributed by atoms with Crippen LogP contribution in [0.2, 0.25) is 0 Å². The molecule has 0 radical (unpaired) electrons. The van der Waals surface area contributed by atoms with Gasteiger partial charge >= 0.3 is 12.0 Å². The van der Waals surface area contributed by atoms with E-state index < -0.39 is 12.0 Å². The lowest BCUT2D eigenvalue weighted by Gasteiger charge is -2.06. The normalized spacial score (nSPS) is 10.9. The lowest BCUT2D eigenvalue weighted by molar-refractivity contribution is 0.0663. The number of furan rings is 1. The minimum absolute atomic E-state index is 0.163. The van der Waals surface area contributed by atoms with Gasteiger partial charge in [-0.2, -0.15) is 4.68 Å². The van der Waals surface area contributed by atoms with Crippen LogP contribution >= 0.6 is 0 Å². The fraction of sp³-hybridized carbons (Fsp3) is 0.0500. The third-order valence-corrected chi connectivity index (χ3v) is 4.37. The number of fused-ring (bicyclic) bond motifs is 1. The number of anilines is 2. The lowest BCUT2D eigenvalue weighted by atomic mass is 10.0. The minimum Gasteiger partial charge on any atom is -0.475 e. The lowest BCUT2D eigenvalue weighted by Crippen LogP contribution is -2.20. The summed E-state index contributed by atoms with van der Waals surface area (Å²) in [5.74, 6) is -1.17. The summed E-state index contributed by atoms with van der Waals surface area (Å²) in [4.78, 5) is 23.9. The van der Waals surface area contributed by atoms with Gasteiger partial charge < -0.3 is 20.6 Å². The van der Waals surface area contributed by atoms with Crippen LogP contribution in [0.4, 0.5) is 16.3 Å². The number of aryl methyl sites for hydroxylation is 1. The molecule has 1 amide bonds. The standard InChI is InChI=1S/C20H16N4O4/c1-11-2-5-13(6-3-11)22-20(27)24-16-7-4-12(10-15(16)18(21)23-24)14-8-9-28-17(14)19(25)26/h2-10H,1H3,(H2,21,23)(H,22,27)(H,25,26). The van der Waals surface area contributed by atoms with Gasteiger partial charge in [0.05, 0.1) is 11.8 Å². The van der Waals surface area contributed by atoms with Crippen LogP contribution in [-0.4, -0.2) is 26.9 Å². The van der Waals surface area contributed by atoms with Crippen molar-refractivity contribution in [3.05, 3.63) is 66.1 Å². The summed E-state index contributed by atoms with van der Waals surface area (Å²) in [5.41, 5.74) is 9.25. The van der Waals surface area contributed by atoms with Gasteiger partial charge in [0.1, 0.15) is 0 Å². The molecule has 4 aromatic rings. The van der Waals surface area contributed by atoms with Gasteiger partial charge in [-0.25, -0.2) is 9.59 Å². The molecule has 0 fully saturated rings. The number of hydrogen-bond acceptors (Lipinski definition) is 5. The molecule has 8 heteroatoms. The number of carbonyl (C=O) groups is 2. The molecule has 4 N–H and O–H groups in total. The molecule has 140 valence electrons. The van der Waals surface area contributed by atoms with Gasteiger partial charge in [-0.15, -0.1) is 5.10 Å². The molecule has 8 nitrogen and oxygen atoms in total. The molecule has 2 heterocycles. The third kappa shape index (κ3) is 2.96. The van der Waals surface area contributed by atoms with E-state index in [0.29, 0.717) is 27.7 Å². The molecule has 0 bridgehead atoms. The first-order valence-electron chi connectivity index (χ1n) is 8.41. The Kier molecular flexibility index (Phi) is 4.08. The molecular weight excluding hydrogens is 360 g/mol. The first-order chi connectivity index (χ1) is 13.4. The summed E-state index contributed by atoms with van der Waals surface area (Å²) >= 11 is 0. The number of amides is 1. The van der Waals surface area contributed by atoms with Crippen LogP contribution in [0.3, 0.4) is 0 Å². The first kappa shape index (κ1) is 17.3. The van der Waals surface area contributed by atoms with E-state index in [1.165, 1.54) is 10.9 Å². The molecule has 4 rings (SSSR count). The van der Waals surface area contributed by atoms with Gasteiger partial charge in [0.25, 0.3) is 0 Å². The number of carboxylic acids is 1. The van der Waals surface area contributed by atoms with Crippen molar-refractivity contribution in [3.8, 4) is 11.1 Å². The van der Waals surface area contributed by atoms with Crippen LogP contribution in [0.1, 0.15) is 16.1 Å². The molecule has 0 atom stereocenters. The Hall–Kier alpha value is -4.07. The van der Waals surface area contributed by atoms with Crippen LogP contribution in [0.15, 0.2) is 59.2 Å². The zero-order valence-corrected chi connectivity index (χ0v) is 14.8. The van der Waals surface area contributed by atoms with Crippen molar-refractivity contribution in [3.63, 3.8) is 0 Å². The summed E-state index contributed by atoms with van der Waals surface area (Å²) in [7, 11) is 0. The quantitative estimate of drug-likeness (QED) is 0.497. The van der Waals surface area contributed by atoms with E-state index in [1.54, 1.807) is 36.4 Å². The van der Waals surface area contributed by atoms with E-state index in [9.17, 15) is 14.7 Å². The van der Waals surface area contributed by atoms with Gasteiger partial charge in [0.2, 0.25) is 5.76 Å². The molecule has 0 saturated heterocycles. The highest BCUT2D eigenvalue weighted by molar-refractivity contribution is 6.02. The molecular formula is C20H16N4O4. The number of nitrogens with two attached hydrogens (primary N) is 1. The Balaban J connectivity index is 1.72. The van der Waals surface area contributed by atoms with E-state index in [2.05, 4.69) is 10.4 Å². The summed E-state index contributed by atoms with van der Waals surface area (Å²) in [6.07, 6.45) is 1.31. The first-order valence-corrected chi connectivity index (χ1v) is 8.41. The van der Waals surface area contributed by atoms with Gasteiger partial charge in [0.15, 0.2) is 5.82 Å². The highest BCUT2D eigenvalue weighted by Gasteiger charge is 2.19. The van der Waals surface area contributed by atoms with Crippen LogP contribution in [0.5, 0.6) is 0 Å². The minimum atomic E-state index is -1.17. The van der Waals surface area contributed by atoms with Crippen molar-refractivity contribution < 1.29 is 19.1 Å². The second-order valence-corrected chi connectivity index (χ2v) is 6.29. The smallest absolute Gasteiger partial charge is 0.372 e. The highest BCUT2D eigenvalue weighted by Crippen LogP contribution is 2.30. The summed E-state index contributed by atoms with van der Waals surface area (Å²) in [5, 5.41) is 16.7. The number of nitrogens with zero attached hydrogens (tertiary/aromatic N) is 2. The Labute approximate surface area is 159 Å². The number of carbonyl (C=O) groups excluding carboxylic acids is 1. The van der Waals surface area contributed by atoms with Crippen LogP contribution < -0.4 is 11.1 Å². The third-order valence-electron chi connectivity index (χ3n) is 4.37. The Morgan fingerprint density at radius 2 is 1.89 bits per heavy atom. The average Bonchev–Trinajstić information content (AvgIpc) is 3.29. The van der Waals surface area contributed by atoms with E-state index in [4.69, 9.17) is 10.2 Å². The molecule has 2 aromatic carbocycles. The number of rotatable bonds is 3. The molecule has 0 aliphatic rings. The summed E-state index contributed by atoms with van der Waals surface area (Å²) < 4.78 is 6.21. The Bertz CT molecular complexity index is 1200. The molecule has 28 heavy (non-hydrogen) atoms. The Morgan fingerprint density at radius 1 is 1.14 bits per heavy atom. The van der Waals surface area contributed by atoms with Gasteiger partial charge in [0, 0.05) is 16.6 Å². The molecule has 0 aliphatic heterocycles. The maximum absolute atomic E-state index is 12.6. The van der Waals surface area contributed by atoms with Crippen molar-refractivity contribution in [2.45, 2.75) is 6.92 Å². The SMILES string of the molecule is Cc1ccc(NC(=O)n2nc(N)c3cc(-c4ccoc4C(=O)O)ccc32)cc1. The zero-order valence-electron chi connectivity index (χ0n) is 14.8. The topological polar surface area (TPSA) is 123 Å². The van der Waals surface area contributed by atoms with Crippen molar-refractivity contribution in [1.82, 2.24) is 9.78 Å². The number of hydrogen-bond donors (Lipinski definition) is 3. The van der Waals surface area contributed by atoms with Crippen molar-refractivity contribution in [1.29, 1.82) is 0 Å². The van der Waals surface area contributed by atoms with Crippen LogP contribution in [0, 0.1) is 6.92 Å². The number of aromatic nitrogens is 2. The van der Waals surface area contributed by atoms with E-state index >= 15 is 0 Å². The largest absolute Gasteiger partial charge is 0.475 e. The van der Waals surface area contributed by atoms with E-state index in [1.807, 2.05) is 19.1 Å². The number of carboxylic acid groups (broad SMARTS) is 1. The maximum Gasteiger partial charge on any atom is 0.372 e.